The number of aliphatic hydroxyl groups is 2. The Morgan fingerprint density at radius 3 is 2.00 bits per heavy atom. The molecule has 0 aromatic heterocycles. The van der Waals surface area contributed by atoms with Crippen molar-refractivity contribution in [3.63, 3.8) is 0 Å². The average Bonchev–Trinajstić information content (AvgIpc) is 1.81. The van der Waals surface area contributed by atoms with Crippen molar-refractivity contribution >= 4 is 0 Å². The van der Waals surface area contributed by atoms with E-state index in [-0.39, 0.29) is 0 Å². The molecule has 0 saturated heterocycles. The maximum atomic E-state index is 9.68. The van der Waals surface area contributed by atoms with Gasteiger partial charge in [-0.3, -0.25) is 0 Å². The number of allylic oxidation sites excluding steroid dienone is 1. The molecule has 0 aliphatic heterocycles. The summed E-state index contributed by atoms with van der Waals surface area (Å²) >= 11 is 0. The highest BCUT2D eigenvalue weighted by Crippen LogP contribution is 2.25. The molecule has 0 heterocycles. The summed E-state index contributed by atoms with van der Waals surface area (Å²) in [6, 6.07) is 0. The van der Waals surface area contributed by atoms with E-state index in [1.807, 2.05) is 0 Å². The van der Waals surface area contributed by atoms with Gasteiger partial charge >= 0.3 is 0 Å². The molecule has 0 amide bonds. The molecule has 1 unspecified atom stereocenters. The highest BCUT2D eigenvalue weighted by atomic mass is 16.3. The first kappa shape index (κ1) is 10.7. The molecule has 0 saturated carbocycles. The molecule has 11 heavy (non-hydrogen) atoms. The van der Waals surface area contributed by atoms with Gasteiger partial charge in [0.25, 0.3) is 0 Å². The highest BCUT2D eigenvalue weighted by Gasteiger charge is 2.36. The fourth-order valence-electron chi connectivity index (χ4n) is 0.689. The maximum Gasteiger partial charge on any atom is 0.0902 e. The van der Waals surface area contributed by atoms with Crippen LogP contribution in [0.5, 0.6) is 0 Å². The minimum absolute atomic E-state index is 0.542. The second-order valence-corrected chi connectivity index (χ2v) is 3.66. The SMILES string of the molecule is C=CCCC(C)(O)C(C)(C)O. The third-order valence-corrected chi connectivity index (χ3v) is 2.15. The fraction of sp³-hybridized carbons (Fsp3) is 0.778. The van der Waals surface area contributed by atoms with Gasteiger partial charge in [-0.15, -0.1) is 6.58 Å². The molecule has 2 nitrogen and oxygen atoms in total. The van der Waals surface area contributed by atoms with Crippen LogP contribution in [0.4, 0.5) is 0 Å². The quantitative estimate of drug-likeness (QED) is 0.608. The van der Waals surface area contributed by atoms with E-state index < -0.39 is 11.2 Å². The van der Waals surface area contributed by atoms with Crippen LogP contribution in [0.15, 0.2) is 12.7 Å². The van der Waals surface area contributed by atoms with E-state index in [1.165, 1.54) is 0 Å². The lowest BCUT2D eigenvalue weighted by Gasteiger charge is -2.35. The molecule has 0 aliphatic rings. The molecule has 0 rings (SSSR count). The largest absolute Gasteiger partial charge is 0.387 e. The van der Waals surface area contributed by atoms with Gasteiger partial charge in [0, 0.05) is 0 Å². The van der Waals surface area contributed by atoms with Crippen LogP contribution < -0.4 is 0 Å². The van der Waals surface area contributed by atoms with Gasteiger partial charge in [0.1, 0.15) is 0 Å². The molecule has 2 heteroatoms. The van der Waals surface area contributed by atoms with Gasteiger partial charge in [-0.1, -0.05) is 6.08 Å². The summed E-state index contributed by atoms with van der Waals surface area (Å²) in [4.78, 5) is 0. The zero-order valence-electron chi connectivity index (χ0n) is 7.59. The number of hydrogen-bond donors (Lipinski definition) is 2. The van der Waals surface area contributed by atoms with Gasteiger partial charge in [-0.2, -0.15) is 0 Å². The first-order valence-electron chi connectivity index (χ1n) is 3.87. The Labute approximate surface area is 68.6 Å². The molecule has 0 bridgehead atoms. The van der Waals surface area contributed by atoms with Crippen LogP contribution in [0.3, 0.4) is 0 Å². The van der Waals surface area contributed by atoms with Gasteiger partial charge in [-0.25, -0.2) is 0 Å². The van der Waals surface area contributed by atoms with Crippen molar-refractivity contribution < 1.29 is 10.2 Å². The van der Waals surface area contributed by atoms with E-state index in [9.17, 15) is 10.2 Å². The van der Waals surface area contributed by atoms with E-state index in [0.29, 0.717) is 6.42 Å². The van der Waals surface area contributed by atoms with Crippen LogP contribution in [-0.4, -0.2) is 21.4 Å². The van der Waals surface area contributed by atoms with Crippen LogP contribution >= 0.6 is 0 Å². The Kier molecular flexibility index (Phi) is 3.27. The van der Waals surface area contributed by atoms with Crippen molar-refractivity contribution in [1.82, 2.24) is 0 Å². The normalized spacial score (nSPS) is 17.5. The van der Waals surface area contributed by atoms with Gasteiger partial charge in [0.15, 0.2) is 0 Å². The second-order valence-electron chi connectivity index (χ2n) is 3.66. The van der Waals surface area contributed by atoms with Crippen LogP contribution in [-0.2, 0) is 0 Å². The summed E-state index contributed by atoms with van der Waals surface area (Å²) in [6.45, 7) is 8.40. The molecule has 0 spiro atoms. The third-order valence-electron chi connectivity index (χ3n) is 2.15. The van der Waals surface area contributed by atoms with E-state index >= 15 is 0 Å². The van der Waals surface area contributed by atoms with Crippen molar-refractivity contribution in [3.05, 3.63) is 12.7 Å². The van der Waals surface area contributed by atoms with Gasteiger partial charge in [0.05, 0.1) is 11.2 Å². The smallest absolute Gasteiger partial charge is 0.0902 e. The molecule has 0 radical (unpaired) electrons. The Bertz CT molecular complexity index is 131. The first-order chi connectivity index (χ1) is 4.81. The Balaban J connectivity index is 4.10. The van der Waals surface area contributed by atoms with Crippen molar-refractivity contribution in [1.29, 1.82) is 0 Å². The lowest BCUT2D eigenvalue weighted by Crippen LogP contribution is -2.47. The summed E-state index contributed by atoms with van der Waals surface area (Å²) in [5.74, 6) is 0. The Morgan fingerprint density at radius 1 is 1.27 bits per heavy atom. The highest BCUT2D eigenvalue weighted by molar-refractivity contribution is 4.91. The van der Waals surface area contributed by atoms with Crippen molar-refractivity contribution in [2.75, 3.05) is 0 Å². The van der Waals surface area contributed by atoms with Crippen molar-refractivity contribution in [2.45, 2.75) is 44.8 Å². The molecular weight excluding hydrogens is 140 g/mol. The predicted molar refractivity (Wildman–Crippen MR) is 46.4 cm³/mol. The molecular formula is C9H18O2. The Hall–Kier alpha value is -0.340. The summed E-state index contributed by atoms with van der Waals surface area (Å²) < 4.78 is 0. The molecule has 0 fully saturated rings. The monoisotopic (exact) mass is 158 g/mol. The van der Waals surface area contributed by atoms with Crippen molar-refractivity contribution in [3.8, 4) is 0 Å². The number of rotatable bonds is 4. The summed E-state index contributed by atoms with van der Waals surface area (Å²) in [7, 11) is 0. The van der Waals surface area contributed by atoms with Crippen LogP contribution in [0.1, 0.15) is 33.6 Å². The number of hydrogen-bond acceptors (Lipinski definition) is 2. The lowest BCUT2D eigenvalue weighted by molar-refractivity contribution is -0.123. The van der Waals surface area contributed by atoms with Crippen LogP contribution in [0.25, 0.3) is 0 Å². The molecule has 2 N–H and O–H groups in total. The second kappa shape index (κ2) is 3.37. The predicted octanol–water partition coefficient (Wildman–Crippen LogP) is 1.47. The van der Waals surface area contributed by atoms with Crippen molar-refractivity contribution in [2.24, 2.45) is 0 Å². The maximum absolute atomic E-state index is 9.68. The third kappa shape index (κ3) is 3.04. The standard InChI is InChI=1S/C9H18O2/c1-5-6-7-9(4,11)8(2,3)10/h5,10-11H,1,6-7H2,2-4H3. The van der Waals surface area contributed by atoms with Crippen LogP contribution in [0.2, 0.25) is 0 Å². The minimum Gasteiger partial charge on any atom is -0.387 e. The topological polar surface area (TPSA) is 40.5 Å². The van der Waals surface area contributed by atoms with Gasteiger partial charge < -0.3 is 10.2 Å². The van der Waals surface area contributed by atoms with E-state index in [0.717, 1.165) is 6.42 Å². The summed E-state index contributed by atoms with van der Waals surface area (Å²) in [6.07, 6.45) is 3.00. The zero-order chi connectivity index (χ0) is 9.12. The van der Waals surface area contributed by atoms with E-state index in [4.69, 9.17) is 0 Å². The summed E-state index contributed by atoms with van der Waals surface area (Å²) in [5.41, 5.74) is -2.07. The van der Waals surface area contributed by atoms with E-state index in [1.54, 1.807) is 26.8 Å². The Morgan fingerprint density at radius 2 is 1.73 bits per heavy atom. The molecule has 66 valence electrons. The fourth-order valence-corrected chi connectivity index (χ4v) is 0.689. The lowest BCUT2D eigenvalue weighted by atomic mass is 9.84. The van der Waals surface area contributed by atoms with E-state index in [2.05, 4.69) is 6.58 Å². The minimum atomic E-state index is -1.05. The molecule has 0 aliphatic carbocycles. The van der Waals surface area contributed by atoms with Gasteiger partial charge in [-0.05, 0) is 33.6 Å². The van der Waals surface area contributed by atoms with Crippen LogP contribution in [0, 0.1) is 0 Å². The van der Waals surface area contributed by atoms with Gasteiger partial charge in [0.2, 0.25) is 0 Å². The molecule has 1 atom stereocenters. The zero-order valence-corrected chi connectivity index (χ0v) is 7.59. The molecule has 0 aromatic carbocycles. The first-order valence-corrected chi connectivity index (χ1v) is 3.87. The molecule has 0 aromatic rings. The summed E-state index contributed by atoms with van der Waals surface area (Å²) in [5, 5.41) is 19.2. The average molecular weight is 158 g/mol.